The van der Waals surface area contributed by atoms with Crippen molar-refractivity contribution in [1.29, 1.82) is 0 Å². The highest BCUT2D eigenvalue weighted by molar-refractivity contribution is 5.78. The first-order valence-electron chi connectivity index (χ1n) is 15.9. The Morgan fingerprint density at radius 1 is 0.463 bits per heavy atom. The molecule has 4 aromatic carbocycles. The summed E-state index contributed by atoms with van der Waals surface area (Å²) in [4.78, 5) is 2.36. The van der Waals surface area contributed by atoms with Crippen LogP contribution in [0, 0.1) is 0 Å². The first-order valence-corrected chi connectivity index (χ1v) is 15.9. The Morgan fingerprint density at radius 3 is 1.29 bits per heavy atom. The molecule has 0 unspecified atom stereocenters. The van der Waals surface area contributed by atoms with Gasteiger partial charge in [0.15, 0.2) is 0 Å². The molecular formula is C38H49N3. The normalized spacial score (nSPS) is 11.0. The number of unbranched alkanes of at least 4 members (excludes halogenated alkanes) is 8. The summed E-state index contributed by atoms with van der Waals surface area (Å²) in [6.07, 6.45) is 15.5. The average molecular weight is 548 g/mol. The lowest BCUT2D eigenvalue weighted by molar-refractivity contribution is 0.607. The van der Waals surface area contributed by atoms with E-state index in [4.69, 9.17) is 5.73 Å². The first kappa shape index (κ1) is 30.2. The fourth-order valence-corrected chi connectivity index (χ4v) is 5.36. The maximum absolute atomic E-state index is 5.85. The molecule has 0 fully saturated rings. The van der Waals surface area contributed by atoms with E-state index in [0.717, 1.165) is 35.6 Å². The quantitative estimate of drug-likeness (QED) is 0.102. The molecule has 0 aliphatic rings. The minimum Gasteiger partial charge on any atom is -0.399 e. The molecule has 0 radical (unpaired) electrons. The molecule has 4 aromatic rings. The topological polar surface area (TPSA) is 41.3 Å². The number of nitrogens with two attached hydrogens (primary N) is 1. The third kappa shape index (κ3) is 9.70. The van der Waals surface area contributed by atoms with Crippen LogP contribution < -0.4 is 16.0 Å². The van der Waals surface area contributed by atoms with Gasteiger partial charge in [0.2, 0.25) is 0 Å². The van der Waals surface area contributed by atoms with Gasteiger partial charge in [-0.2, -0.15) is 0 Å². The molecule has 0 aliphatic heterocycles. The number of nitrogens with zero attached hydrogens (tertiary/aromatic N) is 1. The van der Waals surface area contributed by atoms with E-state index in [1.54, 1.807) is 0 Å². The standard InChI is InChI=1S/C38H49N3/c1-3-5-7-9-10-12-14-32-17-27-37(28-18-32)41(36-25-15-31(16-26-36)13-11-8-6-4-2)38-29-23-35(24-30-38)40-34-21-19-33(39)20-22-34/h15-30,40H,3-14,39H2,1-2H3. The van der Waals surface area contributed by atoms with E-state index in [0.29, 0.717) is 0 Å². The van der Waals surface area contributed by atoms with Gasteiger partial charge in [-0.1, -0.05) is 89.5 Å². The van der Waals surface area contributed by atoms with E-state index >= 15 is 0 Å². The molecule has 0 heterocycles. The van der Waals surface area contributed by atoms with E-state index in [9.17, 15) is 0 Å². The summed E-state index contributed by atoms with van der Waals surface area (Å²) in [6, 6.07) is 34.9. The van der Waals surface area contributed by atoms with Crippen LogP contribution in [0.15, 0.2) is 97.1 Å². The Morgan fingerprint density at radius 2 is 0.829 bits per heavy atom. The average Bonchev–Trinajstić information content (AvgIpc) is 3.01. The maximum Gasteiger partial charge on any atom is 0.0463 e. The highest BCUT2D eigenvalue weighted by Gasteiger charge is 2.13. The fraction of sp³-hybridized carbons (Fsp3) is 0.368. The smallest absolute Gasteiger partial charge is 0.0463 e. The third-order valence-electron chi connectivity index (χ3n) is 7.85. The van der Waals surface area contributed by atoms with Gasteiger partial charge in [0.1, 0.15) is 0 Å². The molecule has 216 valence electrons. The maximum atomic E-state index is 5.85. The second-order valence-corrected chi connectivity index (χ2v) is 11.3. The van der Waals surface area contributed by atoms with Crippen molar-refractivity contribution >= 4 is 34.1 Å². The van der Waals surface area contributed by atoms with Gasteiger partial charge < -0.3 is 16.0 Å². The Hall–Kier alpha value is -3.72. The van der Waals surface area contributed by atoms with Crippen LogP contribution in [0.5, 0.6) is 0 Å². The molecule has 0 amide bonds. The second-order valence-electron chi connectivity index (χ2n) is 11.3. The van der Waals surface area contributed by atoms with Crippen molar-refractivity contribution in [3.63, 3.8) is 0 Å². The minimum atomic E-state index is 0.770. The lowest BCUT2D eigenvalue weighted by Gasteiger charge is -2.26. The molecule has 0 saturated carbocycles. The van der Waals surface area contributed by atoms with Gasteiger partial charge in [0, 0.05) is 34.1 Å². The number of nitrogen functional groups attached to an aromatic ring is 1. The summed E-state index contributed by atoms with van der Waals surface area (Å²) in [5, 5.41) is 3.48. The van der Waals surface area contributed by atoms with Crippen LogP contribution in [0.3, 0.4) is 0 Å². The van der Waals surface area contributed by atoms with Crippen LogP contribution in [-0.2, 0) is 12.8 Å². The highest BCUT2D eigenvalue weighted by atomic mass is 15.1. The summed E-state index contributed by atoms with van der Waals surface area (Å²) in [5.74, 6) is 0. The fourth-order valence-electron chi connectivity index (χ4n) is 5.36. The lowest BCUT2D eigenvalue weighted by atomic mass is 10.0. The molecule has 3 N–H and O–H groups in total. The van der Waals surface area contributed by atoms with E-state index in [-0.39, 0.29) is 0 Å². The molecule has 0 aliphatic carbocycles. The van der Waals surface area contributed by atoms with Crippen LogP contribution in [0.1, 0.15) is 89.2 Å². The van der Waals surface area contributed by atoms with E-state index in [1.807, 2.05) is 24.3 Å². The molecule has 4 rings (SSSR count). The van der Waals surface area contributed by atoms with Crippen molar-refractivity contribution in [2.45, 2.75) is 90.9 Å². The molecule has 0 aromatic heterocycles. The molecule has 3 heteroatoms. The predicted octanol–water partition coefficient (Wildman–Crippen LogP) is 11.5. The van der Waals surface area contributed by atoms with Crippen LogP contribution in [-0.4, -0.2) is 0 Å². The van der Waals surface area contributed by atoms with Crippen LogP contribution in [0.25, 0.3) is 0 Å². The zero-order valence-corrected chi connectivity index (χ0v) is 25.2. The third-order valence-corrected chi connectivity index (χ3v) is 7.85. The monoisotopic (exact) mass is 547 g/mol. The van der Waals surface area contributed by atoms with Gasteiger partial charge in [0.25, 0.3) is 0 Å². The van der Waals surface area contributed by atoms with E-state index in [1.165, 1.54) is 86.7 Å². The molecular weight excluding hydrogens is 498 g/mol. The largest absolute Gasteiger partial charge is 0.399 e. The predicted molar refractivity (Wildman–Crippen MR) is 180 cm³/mol. The molecule has 41 heavy (non-hydrogen) atoms. The highest BCUT2D eigenvalue weighted by Crippen LogP contribution is 2.36. The van der Waals surface area contributed by atoms with Gasteiger partial charge in [0.05, 0.1) is 0 Å². The number of hydrogen-bond donors (Lipinski definition) is 2. The summed E-state index contributed by atoms with van der Waals surface area (Å²) in [5.41, 5.74) is 15.1. The first-order chi connectivity index (χ1) is 20.2. The molecule has 3 nitrogen and oxygen atoms in total. The van der Waals surface area contributed by atoms with Crippen molar-refractivity contribution in [2.24, 2.45) is 0 Å². The molecule has 0 atom stereocenters. The number of benzene rings is 4. The molecule has 0 bridgehead atoms. The number of rotatable bonds is 17. The zero-order chi connectivity index (χ0) is 28.7. The van der Waals surface area contributed by atoms with Crippen LogP contribution in [0.2, 0.25) is 0 Å². The van der Waals surface area contributed by atoms with Gasteiger partial charge in [-0.25, -0.2) is 0 Å². The number of hydrogen-bond acceptors (Lipinski definition) is 3. The van der Waals surface area contributed by atoms with Crippen LogP contribution in [0.4, 0.5) is 34.1 Å². The number of nitrogens with one attached hydrogen (secondary N) is 1. The Labute approximate surface area is 248 Å². The summed E-state index contributed by atoms with van der Waals surface area (Å²) in [6.45, 7) is 4.55. The molecule has 0 saturated heterocycles. The van der Waals surface area contributed by atoms with Gasteiger partial charge in [-0.3, -0.25) is 0 Å². The van der Waals surface area contributed by atoms with Gasteiger partial charge >= 0.3 is 0 Å². The minimum absolute atomic E-state index is 0.770. The zero-order valence-electron chi connectivity index (χ0n) is 25.2. The van der Waals surface area contributed by atoms with Gasteiger partial charge in [-0.05, 0) is 110 Å². The Kier molecular flexibility index (Phi) is 12.2. The van der Waals surface area contributed by atoms with Crippen molar-refractivity contribution in [1.82, 2.24) is 0 Å². The number of aryl methyl sites for hydroxylation is 2. The Bertz CT molecular complexity index is 1260. The lowest BCUT2D eigenvalue weighted by Crippen LogP contribution is -2.10. The van der Waals surface area contributed by atoms with Crippen molar-refractivity contribution in [3.8, 4) is 0 Å². The van der Waals surface area contributed by atoms with Crippen molar-refractivity contribution in [2.75, 3.05) is 16.0 Å². The summed E-state index contributed by atoms with van der Waals surface area (Å²) in [7, 11) is 0. The van der Waals surface area contributed by atoms with Crippen molar-refractivity contribution < 1.29 is 0 Å². The van der Waals surface area contributed by atoms with E-state index < -0.39 is 0 Å². The molecule has 0 spiro atoms. The van der Waals surface area contributed by atoms with Crippen molar-refractivity contribution in [3.05, 3.63) is 108 Å². The summed E-state index contributed by atoms with van der Waals surface area (Å²) >= 11 is 0. The van der Waals surface area contributed by atoms with E-state index in [2.05, 4.69) is 96.9 Å². The van der Waals surface area contributed by atoms with Gasteiger partial charge in [-0.15, -0.1) is 0 Å². The SMILES string of the molecule is CCCCCCCCc1ccc(N(c2ccc(CCCCCC)cc2)c2ccc(Nc3ccc(N)cc3)cc2)cc1. The number of anilines is 6. The summed E-state index contributed by atoms with van der Waals surface area (Å²) < 4.78 is 0. The second kappa shape index (κ2) is 16.5. The Balaban J connectivity index is 1.50. The van der Waals surface area contributed by atoms with Crippen LogP contribution >= 0.6 is 0 Å².